The molecular formula is C20H24BNO7. The normalized spacial score (nSPS) is 15.8. The number of ether oxygens (including phenoxy) is 3. The van der Waals surface area contributed by atoms with E-state index in [2.05, 4.69) is 5.32 Å². The third kappa shape index (κ3) is 5.41. The van der Waals surface area contributed by atoms with Crippen molar-refractivity contribution in [3.8, 4) is 17.2 Å². The fourth-order valence-electron chi connectivity index (χ4n) is 3.35. The highest BCUT2D eigenvalue weighted by Crippen LogP contribution is 2.42. The predicted octanol–water partition coefficient (Wildman–Crippen LogP) is 1.24. The Morgan fingerprint density at radius 3 is 2.62 bits per heavy atom. The van der Waals surface area contributed by atoms with E-state index in [4.69, 9.17) is 18.9 Å². The van der Waals surface area contributed by atoms with E-state index >= 15 is 0 Å². The maximum absolute atomic E-state index is 12.4. The van der Waals surface area contributed by atoms with Crippen LogP contribution in [0.1, 0.15) is 23.5 Å². The third-order valence-electron chi connectivity index (χ3n) is 4.73. The van der Waals surface area contributed by atoms with Crippen molar-refractivity contribution < 1.29 is 33.7 Å². The first-order valence-electron chi connectivity index (χ1n) is 9.23. The number of fused-ring (bicyclic) bond motifs is 1. The molecule has 1 aliphatic rings. The second-order valence-corrected chi connectivity index (χ2v) is 6.67. The number of para-hydroxylation sites is 1. The summed E-state index contributed by atoms with van der Waals surface area (Å²) < 4.78 is 21.2. The molecule has 0 bridgehead atoms. The second-order valence-electron chi connectivity index (χ2n) is 6.67. The maximum atomic E-state index is 12.4. The predicted molar refractivity (Wildman–Crippen MR) is 106 cm³/mol. The van der Waals surface area contributed by atoms with Crippen LogP contribution < -0.4 is 19.5 Å². The van der Waals surface area contributed by atoms with E-state index in [-0.39, 0.29) is 18.2 Å². The zero-order valence-corrected chi connectivity index (χ0v) is 16.3. The summed E-state index contributed by atoms with van der Waals surface area (Å²) in [5, 5.41) is 21.2. The standard InChI is InChI=1S/C20H24BNO7/c1-26-15-8-6-13(7-9-15)10-18(23)22-19(29-21(24)25)11-14-12-28-20-16(14)4-3-5-17(20)27-2/h3-9,14,19,24-25H,10-12H2,1-2H3,(H,22,23)/t14-,19-/m1/s1. The van der Waals surface area contributed by atoms with Crippen LogP contribution in [0, 0.1) is 0 Å². The minimum absolute atomic E-state index is 0.0925. The van der Waals surface area contributed by atoms with E-state index in [1.165, 1.54) is 0 Å². The SMILES string of the molecule is COc1ccc(CC(=O)N[C@@H](C[C@@H]2COc3c(OC)cccc32)OB(O)O)cc1. The van der Waals surface area contributed by atoms with Crippen molar-refractivity contribution in [2.45, 2.75) is 25.0 Å². The highest BCUT2D eigenvalue weighted by atomic mass is 16.6. The maximum Gasteiger partial charge on any atom is 0.635 e. The molecule has 0 unspecified atom stereocenters. The van der Waals surface area contributed by atoms with Crippen LogP contribution in [-0.4, -0.2) is 50.3 Å². The van der Waals surface area contributed by atoms with Gasteiger partial charge in [-0.2, -0.15) is 0 Å². The Bertz CT molecular complexity index is 828. The molecule has 0 radical (unpaired) electrons. The van der Waals surface area contributed by atoms with E-state index < -0.39 is 13.5 Å². The van der Waals surface area contributed by atoms with Gasteiger partial charge in [0.1, 0.15) is 12.0 Å². The van der Waals surface area contributed by atoms with Gasteiger partial charge < -0.3 is 34.2 Å². The van der Waals surface area contributed by atoms with Gasteiger partial charge in [0.05, 0.1) is 27.2 Å². The lowest BCUT2D eigenvalue weighted by atomic mass is 9.96. The number of amides is 1. The van der Waals surface area contributed by atoms with E-state index in [9.17, 15) is 14.8 Å². The minimum Gasteiger partial charge on any atom is -0.497 e. The van der Waals surface area contributed by atoms with Crippen LogP contribution in [0.25, 0.3) is 0 Å². The molecule has 2 atom stereocenters. The lowest BCUT2D eigenvalue weighted by Gasteiger charge is -2.22. The van der Waals surface area contributed by atoms with E-state index in [0.717, 1.165) is 11.1 Å². The van der Waals surface area contributed by atoms with Crippen LogP contribution >= 0.6 is 0 Å². The Kier molecular flexibility index (Phi) is 6.97. The van der Waals surface area contributed by atoms with E-state index in [1.807, 2.05) is 18.2 Å². The molecule has 1 aliphatic heterocycles. The molecule has 1 amide bonds. The van der Waals surface area contributed by atoms with Crippen LogP contribution in [0.4, 0.5) is 0 Å². The van der Waals surface area contributed by atoms with Gasteiger partial charge in [0.2, 0.25) is 5.91 Å². The van der Waals surface area contributed by atoms with Crippen molar-refractivity contribution in [1.29, 1.82) is 0 Å². The monoisotopic (exact) mass is 401 g/mol. The number of carbonyl (C=O) groups is 1. The van der Waals surface area contributed by atoms with Crippen molar-refractivity contribution in [3.05, 3.63) is 53.6 Å². The zero-order chi connectivity index (χ0) is 20.8. The van der Waals surface area contributed by atoms with Crippen molar-refractivity contribution in [3.63, 3.8) is 0 Å². The minimum atomic E-state index is -2.01. The molecule has 29 heavy (non-hydrogen) atoms. The Labute approximate surface area is 169 Å². The summed E-state index contributed by atoms with van der Waals surface area (Å²) in [6.45, 7) is 0.380. The molecule has 0 saturated carbocycles. The quantitative estimate of drug-likeness (QED) is 0.429. The van der Waals surface area contributed by atoms with E-state index in [1.54, 1.807) is 38.5 Å². The van der Waals surface area contributed by atoms with Crippen LogP contribution in [0.2, 0.25) is 0 Å². The molecule has 2 aromatic rings. The number of nitrogens with one attached hydrogen (secondary N) is 1. The molecule has 154 valence electrons. The highest BCUT2D eigenvalue weighted by Gasteiger charge is 2.31. The fourth-order valence-corrected chi connectivity index (χ4v) is 3.35. The van der Waals surface area contributed by atoms with Gasteiger partial charge in [-0.1, -0.05) is 24.3 Å². The Hall–Kier alpha value is -2.75. The van der Waals surface area contributed by atoms with Crippen molar-refractivity contribution in [2.24, 2.45) is 0 Å². The van der Waals surface area contributed by atoms with Gasteiger partial charge in [-0.25, -0.2) is 0 Å². The van der Waals surface area contributed by atoms with Crippen molar-refractivity contribution in [2.75, 3.05) is 20.8 Å². The molecule has 3 rings (SSSR count). The van der Waals surface area contributed by atoms with Crippen LogP contribution in [0.15, 0.2) is 42.5 Å². The summed E-state index contributed by atoms with van der Waals surface area (Å²) in [4.78, 5) is 12.4. The highest BCUT2D eigenvalue weighted by molar-refractivity contribution is 6.32. The van der Waals surface area contributed by atoms with Gasteiger partial charge >= 0.3 is 7.32 Å². The summed E-state index contributed by atoms with van der Waals surface area (Å²) in [7, 11) is 1.14. The average molecular weight is 401 g/mol. The topological polar surface area (TPSA) is 106 Å². The molecule has 1 heterocycles. The van der Waals surface area contributed by atoms with Crippen LogP contribution in [-0.2, 0) is 15.9 Å². The number of hydrogen-bond donors (Lipinski definition) is 3. The molecule has 0 fully saturated rings. The smallest absolute Gasteiger partial charge is 0.497 e. The summed E-state index contributed by atoms with van der Waals surface area (Å²) in [6.07, 6.45) is -0.463. The Balaban J connectivity index is 1.65. The lowest BCUT2D eigenvalue weighted by Crippen LogP contribution is -2.42. The van der Waals surface area contributed by atoms with E-state index in [0.29, 0.717) is 30.3 Å². The largest absolute Gasteiger partial charge is 0.635 e. The number of benzene rings is 2. The third-order valence-corrected chi connectivity index (χ3v) is 4.73. The number of methoxy groups -OCH3 is 2. The van der Waals surface area contributed by atoms with Crippen LogP contribution in [0.5, 0.6) is 17.2 Å². The average Bonchev–Trinajstić information content (AvgIpc) is 3.11. The summed E-state index contributed by atoms with van der Waals surface area (Å²) in [5.41, 5.74) is 1.72. The molecular weight excluding hydrogens is 377 g/mol. The van der Waals surface area contributed by atoms with Gasteiger partial charge in [0.15, 0.2) is 11.5 Å². The van der Waals surface area contributed by atoms with Gasteiger partial charge in [-0.3, -0.25) is 4.79 Å². The van der Waals surface area contributed by atoms with Crippen LogP contribution in [0.3, 0.4) is 0 Å². The molecule has 3 N–H and O–H groups in total. The summed E-state index contributed by atoms with van der Waals surface area (Å²) in [6, 6.07) is 12.7. The first-order chi connectivity index (χ1) is 14.0. The van der Waals surface area contributed by atoms with Gasteiger partial charge in [0.25, 0.3) is 0 Å². The van der Waals surface area contributed by atoms with Gasteiger partial charge in [0, 0.05) is 17.9 Å². The summed E-state index contributed by atoms with van der Waals surface area (Å²) in [5.74, 6) is 1.60. The Morgan fingerprint density at radius 1 is 1.21 bits per heavy atom. The molecule has 0 saturated heterocycles. The van der Waals surface area contributed by atoms with Crippen molar-refractivity contribution >= 4 is 13.2 Å². The fraction of sp³-hybridized carbons (Fsp3) is 0.350. The number of rotatable bonds is 9. The van der Waals surface area contributed by atoms with Crippen molar-refractivity contribution in [1.82, 2.24) is 5.32 Å². The molecule has 9 heteroatoms. The summed E-state index contributed by atoms with van der Waals surface area (Å²) >= 11 is 0. The van der Waals surface area contributed by atoms with Gasteiger partial charge in [-0.05, 0) is 23.8 Å². The first-order valence-corrected chi connectivity index (χ1v) is 9.23. The molecule has 0 aliphatic carbocycles. The molecule has 0 spiro atoms. The first kappa shape index (κ1) is 21.0. The number of carbonyl (C=O) groups excluding carboxylic acids is 1. The Morgan fingerprint density at radius 2 is 1.97 bits per heavy atom. The molecule has 0 aromatic heterocycles. The molecule has 8 nitrogen and oxygen atoms in total. The number of hydrogen-bond acceptors (Lipinski definition) is 7. The zero-order valence-electron chi connectivity index (χ0n) is 16.3. The van der Waals surface area contributed by atoms with Gasteiger partial charge in [-0.15, -0.1) is 0 Å². The second kappa shape index (κ2) is 9.64. The molecule has 2 aromatic carbocycles. The lowest BCUT2D eigenvalue weighted by molar-refractivity contribution is -0.123.